The Labute approximate surface area is 121 Å². The van der Waals surface area contributed by atoms with Crippen LogP contribution in [-0.2, 0) is 0 Å². The lowest BCUT2D eigenvalue weighted by Crippen LogP contribution is -2.26. The Morgan fingerprint density at radius 1 is 1.25 bits per heavy atom. The van der Waals surface area contributed by atoms with E-state index in [-0.39, 0.29) is 11.9 Å². The fourth-order valence-electron chi connectivity index (χ4n) is 2.26. The second-order valence-corrected chi connectivity index (χ2v) is 5.74. The van der Waals surface area contributed by atoms with Gasteiger partial charge < -0.3 is 9.73 Å². The maximum absolute atomic E-state index is 12.3. The van der Waals surface area contributed by atoms with Crippen LogP contribution in [0.4, 0.5) is 0 Å². The quantitative estimate of drug-likeness (QED) is 0.780. The van der Waals surface area contributed by atoms with Crippen LogP contribution in [0, 0.1) is 6.92 Å². The van der Waals surface area contributed by atoms with E-state index in [9.17, 15) is 4.79 Å². The molecule has 3 aromatic rings. The summed E-state index contributed by atoms with van der Waals surface area (Å²) in [5, 5.41) is 5.97. The number of fused-ring (bicyclic) bond motifs is 1. The monoisotopic (exact) mass is 285 g/mol. The average molecular weight is 285 g/mol. The second kappa shape index (κ2) is 5.13. The van der Waals surface area contributed by atoms with E-state index < -0.39 is 0 Å². The minimum absolute atomic E-state index is 0.0184. The van der Waals surface area contributed by atoms with Crippen molar-refractivity contribution >= 4 is 28.2 Å². The van der Waals surface area contributed by atoms with E-state index in [2.05, 4.69) is 5.32 Å². The molecule has 0 saturated heterocycles. The maximum atomic E-state index is 12.3. The number of hydrogen-bond acceptors (Lipinski definition) is 3. The molecule has 3 rings (SSSR count). The Hall–Kier alpha value is -2.07. The Morgan fingerprint density at radius 2 is 2.05 bits per heavy atom. The smallest absolute Gasteiger partial charge is 0.287 e. The highest BCUT2D eigenvalue weighted by molar-refractivity contribution is 7.10. The first-order valence-electron chi connectivity index (χ1n) is 6.49. The van der Waals surface area contributed by atoms with Gasteiger partial charge in [-0.1, -0.05) is 24.3 Å². The van der Waals surface area contributed by atoms with E-state index in [4.69, 9.17) is 4.42 Å². The third-order valence-electron chi connectivity index (χ3n) is 3.37. The van der Waals surface area contributed by atoms with Crippen molar-refractivity contribution in [3.8, 4) is 0 Å². The number of carbonyl (C=O) groups excluding carboxylic acids is 1. The lowest BCUT2D eigenvalue weighted by molar-refractivity contribution is 0.0914. The van der Waals surface area contributed by atoms with Crippen LogP contribution in [0.2, 0.25) is 0 Å². The first kappa shape index (κ1) is 12.9. The Balaban J connectivity index is 1.87. The van der Waals surface area contributed by atoms with Gasteiger partial charge in [0, 0.05) is 15.8 Å². The summed E-state index contributed by atoms with van der Waals surface area (Å²) in [6.07, 6.45) is 0. The molecule has 0 bridgehead atoms. The van der Waals surface area contributed by atoms with Crippen LogP contribution >= 0.6 is 11.3 Å². The summed E-state index contributed by atoms with van der Waals surface area (Å²) in [6.45, 7) is 3.89. The first-order chi connectivity index (χ1) is 9.66. The molecule has 0 aliphatic rings. The van der Waals surface area contributed by atoms with E-state index >= 15 is 0 Å². The van der Waals surface area contributed by atoms with Gasteiger partial charge in [-0.2, -0.15) is 0 Å². The number of benzene rings is 1. The van der Waals surface area contributed by atoms with Gasteiger partial charge in [-0.3, -0.25) is 4.79 Å². The van der Waals surface area contributed by atoms with Gasteiger partial charge in [0.15, 0.2) is 5.76 Å². The molecule has 20 heavy (non-hydrogen) atoms. The molecule has 102 valence electrons. The number of amides is 1. The molecule has 3 nitrogen and oxygen atoms in total. The lowest BCUT2D eigenvalue weighted by atomic mass is 10.1. The van der Waals surface area contributed by atoms with Crippen LogP contribution < -0.4 is 5.32 Å². The molecular weight excluding hydrogens is 270 g/mol. The topological polar surface area (TPSA) is 42.2 Å². The molecule has 0 radical (unpaired) electrons. The zero-order valence-corrected chi connectivity index (χ0v) is 12.2. The van der Waals surface area contributed by atoms with E-state index in [0.29, 0.717) is 5.76 Å². The molecule has 0 aliphatic carbocycles. The number of hydrogen-bond donors (Lipinski definition) is 1. The largest absolute Gasteiger partial charge is 0.451 e. The van der Waals surface area contributed by atoms with Crippen molar-refractivity contribution in [2.75, 3.05) is 0 Å². The zero-order chi connectivity index (χ0) is 14.1. The fraction of sp³-hybridized carbons (Fsp3) is 0.188. The average Bonchev–Trinajstić information content (AvgIpc) is 3.07. The highest BCUT2D eigenvalue weighted by Gasteiger charge is 2.19. The summed E-state index contributed by atoms with van der Waals surface area (Å²) in [5.74, 6) is 0.231. The van der Waals surface area contributed by atoms with Gasteiger partial charge in [-0.15, -0.1) is 11.3 Å². The van der Waals surface area contributed by atoms with Crippen LogP contribution in [0.5, 0.6) is 0 Å². The summed E-state index contributed by atoms with van der Waals surface area (Å²) in [7, 11) is 0. The molecule has 0 spiro atoms. The predicted octanol–water partition coefficient (Wildman–Crippen LogP) is 4.29. The van der Waals surface area contributed by atoms with E-state index in [1.54, 1.807) is 11.3 Å². The SMILES string of the molecule is Cc1c(C(=O)N[C@H](C)c2cccs2)oc2ccccc12. The molecule has 0 fully saturated rings. The van der Waals surface area contributed by atoms with Gasteiger partial charge in [-0.05, 0) is 31.4 Å². The number of nitrogens with one attached hydrogen (secondary N) is 1. The van der Waals surface area contributed by atoms with Gasteiger partial charge in [-0.25, -0.2) is 0 Å². The zero-order valence-electron chi connectivity index (χ0n) is 11.3. The third kappa shape index (κ3) is 2.23. The molecular formula is C16H15NO2S. The number of rotatable bonds is 3. The Bertz CT molecular complexity index is 743. The van der Waals surface area contributed by atoms with Crippen molar-refractivity contribution < 1.29 is 9.21 Å². The summed E-state index contributed by atoms with van der Waals surface area (Å²) >= 11 is 1.63. The standard InChI is InChI=1S/C16H15NO2S/c1-10-12-6-3-4-7-13(12)19-15(10)16(18)17-11(2)14-8-5-9-20-14/h3-9,11H,1-2H3,(H,17,18)/t11-/m1/s1. The summed E-state index contributed by atoms with van der Waals surface area (Å²) < 4.78 is 5.67. The number of aryl methyl sites for hydroxylation is 1. The van der Waals surface area contributed by atoms with Gasteiger partial charge in [0.1, 0.15) is 5.58 Å². The van der Waals surface area contributed by atoms with Crippen LogP contribution in [0.1, 0.15) is 34.0 Å². The molecule has 1 amide bonds. The van der Waals surface area contributed by atoms with Gasteiger partial charge in [0.05, 0.1) is 6.04 Å². The van der Waals surface area contributed by atoms with E-state index in [1.165, 1.54) is 0 Å². The van der Waals surface area contributed by atoms with Crippen LogP contribution in [0.3, 0.4) is 0 Å². The summed E-state index contributed by atoms with van der Waals surface area (Å²) in [4.78, 5) is 13.5. The number of furan rings is 1. The molecule has 2 heterocycles. The highest BCUT2D eigenvalue weighted by atomic mass is 32.1. The molecule has 0 unspecified atom stereocenters. The van der Waals surface area contributed by atoms with Crippen LogP contribution in [0.15, 0.2) is 46.2 Å². The van der Waals surface area contributed by atoms with Gasteiger partial charge >= 0.3 is 0 Å². The van der Waals surface area contributed by atoms with E-state index in [1.807, 2.05) is 55.6 Å². The lowest BCUT2D eigenvalue weighted by Gasteiger charge is -2.11. The van der Waals surface area contributed by atoms with Crippen molar-refractivity contribution in [1.29, 1.82) is 0 Å². The highest BCUT2D eigenvalue weighted by Crippen LogP contribution is 2.26. The molecule has 2 aromatic heterocycles. The second-order valence-electron chi connectivity index (χ2n) is 4.76. The maximum Gasteiger partial charge on any atom is 0.287 e. The predicted molar refractivity (Wildman–Crippen MR) is 81.2 cm³/mol. The van der Waals surface area contributed by atoms with Crippen molar-refractivity contribution in [3.05, 3.63) is 58.0 Å². The minimum Gasteiger partial charge on any atom is -0.451 e. The van der Waals surface area contributed by atoms with Crippen molar-refractivity contribution in [1.82, 2.24) is 5.32 Å². The Morgan fingerprint density at radius 3 is 2.75 bits per heavy atom. The number of para-hydroxylation sites is 1. The molecule has 1 atom stereocenters. The molecule has 1 aromatic carbocycles. The fourth-order valence-corrected chi connectivity index (χ4v) is 3.00. The van der Waals surface area contributed by atoms with Crippen molar-refractivity contribution in [2.24, 2.45) is 0 Å². The van der Waals surface area contributed by atoms with Gasteiger partial charge in [0.25, 0.3) is 5.91 Å². The molecule has 1 N–H and O–H groups in total. The summed E-state index contributed by atoms with van der Waals surface area (Å²) in [6, 6.07) is 11.7. The first-order valence-corrected chi connectivity index (χ1v) is 7.37. The normalized spacial score (nSPS) is 12.5. The number of thiophene rings is 1. The van der Waals surface area contributed by atoms with E-state index in [0.717, 1.165) is 21.4 Å². The van der Waals surface area contributed by atoms with Crippen molar-refractivity contribution in [2.45, 2.75) is 19.9 Å². The third-order valence-corrected chi connectivity index (χ3v) is 4.42. The van der Waals surface area contributed by atoms with Crippen molar-refractivity contribution in [3.63, 3.8) is 0 Å². The van der Waals surface area contributed by atoms with Crippen LogP contribution in [-0.4, -0.2) is 5.91 Å². The van der Waals surface area contributed by atoms with Crippen LogP contribution in [0.25, 0.3) is 11.0 Å². The Kier molecular flexibility index (Phi) is 3.32. The molecule has 4 heteroatoms. The van der Waals surface area contributed by atoms with Gasteiger partial charge in [0.2, 0.25) is 0 Å². The molecule has 0 saturated carbocycles. The minimum atomic E-state index is -0.167. The summed E-state index contributed by atoms with van der Waals surface area (Å²) in [5.41, 5.74) is 1.63. The molecule has 0 aliphatic heterocycles. The number of carbonyl (C=O) groups is 1.